The minimum Gasteiger partial charge on any atom is -0.497 e. The van der Waals surface area contributed by atoms with Crippen LogP contribution >= 0.6 is 11.6 Å². The van der Waals surface area contributed by atoms with Crippen LogP contribution in [0.15, 0.2) is 67.0 Å². The van der Waals surface area contributed by atoms with E-state index in [-0.39, 0.29) is 0 Å². The molecule has 0 radical (unpaired) electrons. The number of pyridine rings is 1. The SMILES string of the molecule is COc1ccc(Nc2nccc3nc(NCc4ccccc4Cl)ncc23)cc1. The third kappa shape index (κ3) is 3.97. The van der Waals surface area contributed by atoms with Crippen LogP contribution in [0.1, 0.15) is 5.56 Å². The molecule has 140 valence electrons. The van der Waals surface area contributed by atoms with E-state index in [1.165, 1.54) is 0 Å². The van der Waals surface area contributed by atoms with Crippen LogP contribution in [0.4, 0.5) is 17.5 Å². The Morgan fingerprint density at radius 1 is 1.00 bits per heavy atom. The number of halogens is 1. The largest absolute Gasteiger partial charge is 0.497 e. The molecule has 4 rings (SSSR count). The molecule has 0 bridgehead atoms. The van der Waals surface area contributed by atoms with Gasteiger partial charge in [0, 0.05) is 29.6 Å². The fourth-order valence-corrected chi connectivity index (χ4v) is 2.97. The van der Waals surface area contributed by atoms with Gasteiger partial charge >= 0.3 is 0 Å². The molecule has 0 fully saturated rings. The Labute approximate surface area is 167 Å². The van der Waals surface area contributed by atoms with Gasteiger partial charge in [0.25, 0.3) is 0 Å². The van der Waals surface area contributed by atoms with Gasteiger partial charge in [0.1, 0.15) is 11.6 Å². The molecule has 28 heavy (non-hydrogen) atoms. The van der Waals surface area contributed by atoms with Crippen LogP contribution < -0.4 is 15.4 Å². The number of rotatable bonds is 6. The van der Waals surface area contributed by atoms with E-state index in [0.29, 0.717) is 23.3 Å². The van der Waals surface area contributed by atoms with Gasteiger partial charge in [-0.05, 0) is 42.0 Å². The maximum Gasteiger partial charge on any atom is 0.223 e. The Hall–Kier alpha value is -3.38. The summed E-state index contributed by atoms with van der Waals surface area (Å²) in [5.41, 5.74) is 2.69. The summed E-state index contributed by atoms with van der Waals surface area (Å²) in [5.74, 6) is 2.03. The lowest BCUT2D eigenvalue weighted by atomic mass is 10.2. The van der Waals surface area contributed by atoms with Crippen LogP contribution in [0.25, 0.3) is 10.9 Å². The smallest absolute Gasteiger partial charge is 0.223 e. The van der Waals surface area contributed by atoms with Crippen molar-refractivity contribution < 1.29 is 4.74 Å². The number of methoxy groups -OCH3 is 1. The average Bonchev–Trinajstić information content (AvgIpc) is 2.74. The van der Waals surface area contributed by atoms with Crippen LogP contribution in [-0.4, -0.2) is 22.1 Å². The van der Waals surface area contributed by atoms with Crippen LogP contribution in [-0.2, 0) is 6.54 Å². The Kier molecular flexibility index (Phi) is 5.21. The van der Waals surface area contributed by atoms with Crippen molar-refractivity contribution in [1.29, 1.82) is 0 Å². The van der Waals surface area contributed by atoms with Gasteiger partial charge in [0.15, 0.2) is 0 Å². The second-order valence-electron chi connectivity index (χ2n) is 6.08. The van der Waals surface area contributed by atoms with Gasteiger partial charge in [-0.25, -0.2) is 15.0 Å². The minimum atomic E-state index is 0.536. The van der Waals surface area contributed by atoms with E-state index in [9.17, 15) is 0 Å². The quantitative estimate of drug-likeness (QED) is 0.479. The zero-order valence-electron chi connectivity index (χ0n) is 15.2. The van der Waals surface area contributed by atoms with Gasteiger partial charge in [-0.1, -0.05) is 29.8 Å². The fraction of sp³-hybridized carbons (Fsp3) is 0.0952. The van der Waals surface area contributed by atoms with E-state index in [1.54, 1.807) is 19.5 Å². The van der Waals surface area contributed by atoms with Gasteiger partial charge in [0.2, 0.25) is 5.95 Å². The Bertz CT molecular complexity index is 1100. The number of nitrogens with zero attached hydrogens (tertiary/aromatic N) is 3. The zero-order chi connectivity index (χ0) is 19.3. The predicted octanol–water partition coefficient (Wildman–Crippen LogP) is 5.04. The second-order valence-corrected chi connectivity index (χ2v) is 6.49. The van der Waals surface area contributed by atoms with Crippen molar-refractivity contribution in [1.82, 2.24) is 15.0 Å². The second kappa shape index (κ2) is 8.10. The first kappa shape index (κ1) is 18.0. The summed E-state index contributed by atoms with van der Waals surface area (Å²) >= 11 is 6.20. The molecule has 2 heterocycles. The molecule has 2 aromatic heterocycles. The highest BCUT2D eigenvalue weighted by molar-refractivity contribution is 6.31. The molecule has 7 heteroatoms. The van der Waals surface area contributed by atoms with E-state index in [0.717, 1.165) is 27.9 Å². The molecule has 0 atom stereocenters. The van der Waals surface area contributed by atoms with E-state index >= 15 is 0 Å². The van der Waals surface area contributed by atoms with Crippen molar-refractivity contribution in [3.8, 4) is 5.75 Å². The third-order valence-corrected chi connectivity index (χ3v) is 4.63. The maximum absolute atomic E-state index is 6.20. The van der Waals surface area contributed by atoms with E-state index in [4.69, 9.17) is 16.3 Å². The normalized spacial score (nSPS) is 10.6. The average molecular weight is 392 g/mol. The fourth-order valence-electron chi connectivity index (χ4n) is 2.77. The van der Waals surface area contributed by atoms with Gasteiger partial charge in [-0.15, -0.1) is 0 Å². The van der Waals surface area contributed by atoms with Gasteiger partial charge in [-0.3, -0.25) is 0 Å². The summed E-state index contributed by atoms with van der Waals surface area (Å²) in [7, 11) is 1.64. The van der Waals surface area contributed by atoms with Gasteiger partial charge in [0.05, 0.1) is 18.0 Å². The monoisotopic (exact) mass is 391 g/mol. The summed E-state index contributed by atoms with van der Waals surface area (Å²) < 4.78 is 5.19. The van der Waals surface area contributed by atoms with Gasteiger partial charge < -0.3 is 15.4 Å². The third-order valence-electron chi connectivity index (χ3n) is 4.26. The van der Waals surface area contributed by atoms with Crippen molar-refractivity contribution in [3.05, 3.63) is 77.6 Å². The molecular weight excluding hydrogens is 374 g/mol. The topological polar surface area (TPSA) is 72.0 Å². The molecule has 0 aliphatic carbocycles. The standard InChI is InChI=1S/C21H18ClN5O/c1-28-16-8-6-15(7-9-16)26-20-17-13-25-21(27-19(17)10-11-23-20)24-12-14-4-2-3-5-18(14)22/h2-11,13H,12H2,1H3,(H,23,26)(H,24,25,27). The first-order valence-corrected chi connectivity index (χ1v) is 9.11. The lowest BCUT2D eigenvalue weighted by Gasteiger charge is -2.10. The number of fused-ring (bicyclic) bond motifs is 1. The summed E-state index contributed by atoms with van der Waals surface area (Å²) in [6.07, 6.45) is 3.48. The van der Waals surface area contributed by atoms with Crippen molar-refractivity contribution >= 4 is 40.0 Å². The molecule has 0 saturated heterocycles. The van der Waals surface area contributed by atoms with Crippen LogP contribution in [0.2, 0.25) is 5.02 Å². The van der Waals surface area contributed by atoms with Crippen molar-refractivity contribution in [2.75, 3.05) is 17.7 Å². The molecule has 0 unspecified atom stereocenters. The van der Waals surface area contributed by atoms with Crippen LogP contribution in [0.5, 0.6) is 5.75 Å². The summed E-state index contributed by atoms with van der Waals surface area (Å²) in [6.45, 7) is 0.549. The minimum absolute atomic E-state index is 0.536. The number of hydrogen-bond donors (Lipinski definition) is 2. The number of anilines is 3. The molecule has 0 aliphatic heterocycles. The maximum atomic E-state index is 6.20. The van der Waals surface area contributed by atoms with Crippen LogP contribution in [0, 0.1) is 0 Å². The van der Waals surface area contributed by atoms with E-state index < -0.39 is 0 Å². The molecular formula is C21H18ClN5O. The molecule has 2 aromatic carbocycles. The van der Waals surface area contributed by atoms with E-state index in [2.05, 4.69) is 25.6 Å². The molecule has 4 aromatic rings. The van der Waals surface area contributed by atoms with Crippen molar-refractivity contribution in [3.63, 3.8) is 0 Å². The molecule has 2 N–H and O–H groups in total. The van der Waals surface area contributed by atoms with E-state index in [1.807, 2.05) is 54.6 Å². The van der Waals surface area contributed by atoms with Crippen molar-refractivity contribution in [2.45, 2.75) is 6.54 Å². The lowest BCUT2D eigenvalue weighted by molar-refractivity contribution is 0.415. The summed E-state index contributed by atoms with van der Waals surface area (Å²) in [5, 5.41) is 8.06. The molecule has 0 aliphatic rings. The Balaban J connectivity index is 1.54. The van der Waals surface area contributed by atoms with Crippen molar-refractivity contribution in [2.24, 2.45) is 0 Å². The molecule has 0 saturated carbocycles. The number of benzene rings is 2. The number of nitrogens with one attached hydrogen (secondary N) is 2. The lowest BCUT2D eigenvalue weighted by Crippen LogP contribution is -2.04. The molecule has 6 nitrogen and oxygen atoms in total. The zero-order valence-corrected chi connectivity index (χ0v) is 15.9. The first-order chi connectivity index (χ1) is 13.7. The predicted molar refractivity (Wildman–Crippen MR) is 112 cm³/mol. The Morgan fingerprint density at radius 3 is 2.61 bits per heavy atom. The molecule has 0 spiro atoms. The number of ether oxygens (including phenoxy) is 1. The summed E-state index contributed by atoms with van der Waals surface area (Å²) in [4.78, 5) is 13.4. The highest BCUT2D eigenvalue weighted by Gasteiger charge is 2.07. The Morgan fingerprint density at radius 2 is 1.82 bits per heavy atom. The summed E-state index contributed by atoms with van der Waals surface area (Å²) in [6, 6.07) is 17.2. The van der Waals surface area contributed by atoms with Crippen LogP contribution in [0.3, 0.4) is 0 Å². The first-order valence-electron chi connectivity index (χ1n) is 8.73. The number of aromatic nitrogens is 3. The van der Waals surface area contributed by atoms with Gasteiger partial charge in [-0.2, -0.15) is 0 Å². The highest BCUT2D eigenvalue weighted by atomic mass is 35.5. The number of hydrogen-bond acceptors (Lipinski definition) is 6. The molecule has 0 amide bonds. The highest BCUT2D eigenvalue weighted by Crippen LogP contribution is 2.25.